The fourth-order valence-electron chi connectivity index (χ4n) is 2.80. The molecule has 0 aromatic heterocycles. The van der Waals surface area contributed by atoms with Crippen molar-refractivity contribution in [1.82, 2.24) is 10.6 Å². The number of rotatable bonds is 5. The molecule has 0 radical (unpaired) electrons. The lowest BCUT2D eigenvalue weighted by atomic mass is 9.99. The first-order valence-electron chi connectivity index (χ1n) is 8.40. The van der Waals surface area contributed by atoms with Crippen LogP contribution in [0.1, 0.15) is 17.2 Å². The Morgan fingerprint density at radius 1 is 1.14 bits per heavy atom. The molecule has 0 unspecified atom stereocenters. The van der Waals surface area contributed by atoms with E-state index in [1.807, 2.05) is 6.07 Å². The van der Waals surface area contributed by atoms with Gasteiger partial charge in [-0.3, -0.25) is 9.59 Å². The van der Waals surface area contributed by atoms with Crippen LogP contribution >= 0.6 is 0 Å². The van der Waals surface area contributed by atoms with Crippen LogP contribution in [0.2, 0.25) is 0 Å². The summed E-state index contributed by atoms with van der Waals surface area (Å²) in [5, 5.41) is 5.42. The lowest BCUT2D eigenvalue weighted by molar-refractivity contribution is -0.274. The molecule has 148 valence electrons. The molecule has 2 N–H and O–H groups in total. The third-order valence-corrected chi connectivity index (χ3v) is 4.05. The van der Waals surface area contributed by atoms with Gasteiger partial charge in [0.2, 0.25) is 5.91 Å². The maximum atomic E-state index is 12.6. The van der Waals surface area contributed by atoms with Crippen LogP contribution in [-0.2, 0) is 20.9 Å². The highest BCUT2D eigenvalue weighted by molar-refractivity contribution is 5.86. The van der Waals surface area contributed by atoms with Gasteiger partial charge < -0.3 is 20.1 Å². The predicted octanol–water partition coefficient (Wildman–Crippen LogP) is 2.46. The number of amides is 2. The second-order valence-electron chi connectivity index (χ2n) is 6.10. The molecule has 0 saturated carbocycles. The minimum absolute atomic E-state index is 0.0838. The van der Waals surface area contributed by atoms with E-state index in [4.69, 9.17) is 4.74 Å². The van der Waals surface area contributed by atoms with E-state index in [1.54, 1.807) is 24.3 Å². The van der Waals surface area contributed by atoms with Gasteiger partial charge in [-0.2, -0.15) is 0 Å². The summed E-state index contributed by atoms with van der Waals surface area (Å²) < 4.78 is 45.8. The van der Waals surface area contributed by atoms with E-state index in [9.17, 15) is 22.8 Å². The van der Waals surface area contributed by atoms with Crippen LogP contribution in [0.3, 0.4) is 0 Å². The molecule has 1 heterocycles. The van der Waals surface area contributed by atoms with E-state index in [1.165, 1.54) is 24.3 Å². The van der Waals surface area contributed by atoms with Gasteiger partial charge in [0.15, 0.2) is 6.10 Å². The molecule has 6 nitrogen and oxygen atoms in total. The summed E-state index contributed by atoms with van der Waals surface area (Å²) in [4.78, 5) is 24.2. The van der Waals surface area contributed by atoms with Gasteiger partial charge in [-0.25, -0.2) is 0 Å². The number of carbonyl (C=O) groups is 2. The zero-order valence-electron chi connectivity index (χ0n) is 14.5. The van der Waals surface area contributed by atoms with Crippen molar-refractivity contribution in [2.75, 3.05) is 6.61 Å². The number of morpholine rings is 1. The van der Waals surface area contributed by atoms with Crippen LogP contribution in [0.15, 0.2) is 54.6 Å². The zero-order valence-corrected chi connectivity index (χ0v) is 14.5. The van der Waals surface area contributed by atoms with E-state index in [2.05, 4.69) is 15.4 Å². The summed E-state index contributed by atoms with van der Waals surface area (Å²) in [6.45, 7) is -0.147. The molecular weight excluding hydrogens is 377 g/mol. The average Bonchev–Trinajstić information content (AvgIpc) is 2.66. The van der Waals surface area contributed by atoms with Crippen LogP contribution in [0, 0.1) is 0 Å². The molecular formula is C19H17F3N2O4. The number of hydrogen-bond acceptors (Lipinski definition) is 4. The number of alkyl halides is 3. The number of benzene rings is 2. The molecule has 9 heteroatoms. The van der Waals surface area contributed by atoms with Crippen molar-refractivity contribution < 1.29 is 32.2 Å². The second kappa shape index (κ2) is 8.30. The van der Waals surface area contributed by atoms with Gasteiger partial charge in [0.25, 0.3) is 5.91 Å². The lowest BCUT2D eigenvalue weighted by Gasteiger charge is -2.31. The number of halogens is 3. The van der Waals surface area contributed by atoms with Crippen LogP contribution in [0.4, 0.5) is 13.2 Å². The van der Waals surface area contributed by atoms with Crippen molar-refractivity contribution in [1.29, 1.82) is 0 Å². The predicted molar refractivity (Wildman–Crippen MR) is 92.0 cm³/mol. The molecule has 1 aliphatic rings. The molecule has 2 aromatic rings. The van der Waals surface area contributed by atoms with Crippen molar-refractivity contribution in [3.05, 3.63) is 65.7 Å². The molecule has 1 saturated heterocycles. The standard InChI is InChI=1S/C19H17F3N2O4/c20-19(21,22)28-14-8-6-12(7-9-14)10-23-18(26)17-16(24-15(25)11-27-17)13-4-2-1-3-5-13/h1-9,16-17H,10-11H2,(H,23,26)(H,24,25)/t16-,17+/m0/s1. The van der Waals surface area contributed by atoms with Crippen molar-refractivity contribution in [3.8, 4) is 5.75 Å². The first-order valence-corrected chi connectivity index (χ1v) is 8.40. The fourth-order valence-corrected chi connectivity index (χ4v) is 2.80. The van der Waals surface area contributed by atoms with E-state index < -0.39 is 24.4 Å². The average molecular weight is 394 g/mol. The monoisotopic (exact) mass is 394 g/mol. The molecule has 2 atom stereocenters. The molecule has 0 aliphatic carbocycles. The third kappa shape index (κ3) is 5.23. The van der Waals surface area contributed by atoms with Crippen molar-refractivity contribution in [3.63, 3.8) is 0 Å². The van der Waals surface area contributed by atoms with E-state index in [0.717, 1.165) is 5.56 Å². The zero-order chi connectivity index (χ0) is 20.1. The Bertz CT molecular complexity index is 825. The molecule has 0 spiro atoms. The normalized spacial score (nSPS) is 19.6. The smallest absolute Gasteiger partial charge is 0.406 e. The van der Waals surface area contributed by atoms with E-state index in [-0.39, 0.29) is 24.8 Å². The van der Waals surface area contributed by atoms with Gasteiger partial charge in [-0.15, -0.1) is 13.2 Å². The Morgan fingerprint density at radius 3 is 2.46 bits per heavy atom. The first kappa shape index (κ1) is 19.7. The molecule has 2 aromatic carbocycles. The molecule has 0 bridgehead atoms. The first-order chi connectivity index (χ1) is 13.3. The second-order valence-corrected chi connectivity index (χ2v) is 6.10. The summed E-state index contributed by atoms with van der Waals surface area (Å²) in [6, 6.07) is 13.5. The van der Waals surface area contributed by atoms with Gasteiger partial charge in [-0.1, -0.05) is 42.5 Å². The van der Waals surface area contributed by atoms with Gasteiger partial charge in [-0.05, 0) is 23.3 Å². The highest BCUT2D eigenvalue weighted by Gasteiger charge is 2.36. The molecule has 2 amide bonds. The number of hydrogen-bond donors (Lipinski definition) is 2. The van der Waals surface area contributed by atoms with Crippen molar-refractivity contribution >= 4 is 11.8 Å². The number of ether oxygens (including phenoxy) is 2. The van der Waals surface area contributed by atoms with Crippen LogP contribution in [-0.4, -0.2) is 30.9 Å². The number of carbonyl (C=O) groups excluding carboxylic acids is 2. The highest BCUT2D eigenvalue weighted by atomic mass is 19.4. The Labute approximate surface area is 158 Å². The van der Waals surface area contributed by atoms with E-state index in [0.29, 0.717) is 5.56 Å². The number of nitrogens with one attached hydrogen (secondary N) is 2. The Morgan fingerprint density at radius 2 is 1.82 bits per heavy atom. The molecule has 3 rings (SSSR count). The van der Waals surface area contributed by atoms with Gasteiger partial charge in [0.1, 0.15) is 12.4 Å². The van der Waals surface area contributed by atoms with Gasteiger partial charge in [0, 0.05) is 6.54 Å². The van der Waals surface area contributed by atoms with Crippen LogP contribution in [0.5, 0.6) is 5.75 Å². The Kier molecular flexibility index (Phi) is 5.84. The minimum Gasteiger partial charge on any atom is -0.406 e. The summed E-state index contributed by atoms with van der Waals surface area (Å²) in [5.41, 5.74) is 1.31. The Hall–Kier alpha value is -3.07. The minimum atomic E-state index is -4.76. The maximum absolute atomic E-state index is 12.6. The molecule has 28 heavy (non-hydrogen) atoms. The van der Waals surface area contributed by atoms with Gasteiger partial charge in [0.05, 0.1) is 6.04 Å². The topological polar surface area (TPSA) is 76.7 Å². The summed E-state index contributed by atoms with van der Waals surface area (Å²) >= 11 is 0. The lowest BCUT2D eigenvalue weighted by Crippen LogP contribution is -2.52. The van der Waals surface area contributed by atoms with E-state index >= 15 is 0 Å². The SMILES string of the molecule is O=C1CO[C@@H](C(=O)NCc2ccc(OC(F)(F)F)cc2)[C@H](c2ccccc2)N1. The van der Waals surface area contributed by atoms with Gasteiger partial charge >= 0.3 is 6.36 Å². The molecule has 1 fully saturated rings. The van der Waals surface area contributed by atoms with Crippen LogP contribution in [0.25, 0.3) is 0 Å². The summed E-state index contributed by atoms with van der Waals surface area (Å²) in [6.07, 6.45) is -5.68. The largest absolute Gasteiger partial charge is 0.573 e. The molecule has 1 aliphatic heterocycles. The fraction of sp³-hybridized carbons (Fsp3) is 0.263. The Balaban J connectivity index is 1.62. The van der Waals surface area contributed by atoms with Crippen molar-refractivity contribution in [2.45, 2.75) is 25.1 Å². The summed E-state index contributed by atoms with van der Waals surface area (Å²) in [7, 11) is 0. The van der Waals surface area contributed by atoms with Crippen molar-refractivity contribution in [2.24, 2.45) is 0 Å². The quantitative estimate of drug-likeness (QED) is 0.817. The third-order valence-electron chi connectivity index (χ3n) is 4.05. The summed E-state index contributed by atoms with van der Waals surface area (Å²) in [5.74, 6) is -1.10. The highest BCUT2D eigenvalue weighted by Crippen LogP contribution is 2.24. The van der Waals surface area contributed by atoms with Crippen LogP contribution < -0.4 is 15.4 Å². The maximum Gasteiger partial charge on any atom is 0.573 e.